The number of allylic oxidation sites excluding steroid dienone is 5. The lowest BCUT2D eigenvalue weighted by Gasteiger charge is -2.01. The maximum Gasteiger partial charge on any atom is -0.0231 e. The lowest BCUT2D eigenvalue weighted by Crippen LogP contribution is -1.80. The fourth-order valence-corrected chi connectivity index (χ4v) is 2.55. The molecule has 2 aromatic rings. The SMILES string of the molecule is C=C(C)c1cccc(C)c1.CCC1=CCCC=C1.CCc1ccccc1. The molecule has 3 rings (SSSR count). The minimum absolute atomic E-state index is 1.13. The highest BCUT2D eigenvalue weighted by atomic mass is 14.0. The third kappa shape index (κ3) is 9.22. The molecule has 26 heavy (non-hydrogen) atoms. The van der Waals surface area contributed by atoms with Gasteiger partial charge in [0.15, 0.2) is 0 Å². The molecule has 0 bridgehead atoms. The lowest BCUT2D eigenvalue weighted by atomic mass is 10.1. The molecular weight excluding hydrogens is 312 g/mol. The summed E-state index contributed by atoms with van der Waals surface area (Å²) in [7, 11) is 0. The Balaban J connectivity index is 0.000000197. The number of benzene rings is 2. The van der Waals surface area contributed by atoms with Crippen LogP contribution in [0.25, 0.3) is 5.57 Å². The van der Waals surface area contributed by atoms with E-state index in [0.29, 0.717) is 0 Å². The molecule has 138 valence electrons. The fraction of sp³-hybridized carbons (Fsp3) is 0.308. The van der Waals surface area contributed by atoms with E-state index >= 15 is 0 Å². The first-order valence-electron chi connectivity index (χ1n) is 9.68. The lowest BCUT2D eigenvalue weighted by molar-refractivity contribution is 0.984. The molecule has 0 atom stereocenters. The van der Waals surface area contributed by atoms with E-state index in [0.717, 1.165) is 12.0 Å². The van der Waals surface area contributed by atoms with Crippen LogP contribution in [0.5, 0.6) is 0 Å². The van der Waals surface area contributed by atoms with Gasteiger partial charge >= 0.3 is 0 Å². The molecule has 1 aliphatic carbocycles. The van der Waals surface area contributed by atoms with Crippen LogP contribution in [0.15, 0.2) is 85.0 Å². The summed E-state index contributed by atoms with van der Waals surface area (Å²) in [6.45, 7) is 12.3. The van der Waals surface area contributed by atoms with Crippen LogP contribution in [0, 0.1) is 6.92 Å². The molecule has 0 heterocycles. The van der Waals surface area contributed by atoms with E-state index in [1.165, 1.54) is 41.5 Å². The standard InChI is InChI=1S/C10H12.C8H12.C8H10/c1-8(2)10-6-4-5-9(3)7-10;2*1-2-8-6-4-3-5-7-8/h4-7H,1H2,2-3H3;4,6-7H,2-3,5H2,1H3;3-7H,2H2,1H3. The van der Waals surface area contributed by atoms with Gasteiger partial charge in [-0.2, -0.15) is 0 Å². The molecule has 0 heteroatoms. The van der Waals surface area contributed by atoms with Gasteiger partial charge in [0.25, 0.3) is 0 Å². The highest BCUT2D eigenvalue weighted by molar-refractivity contribution is 5.61. The number of hydrogen-bond donors (Lipinski definition) is 0. The minimum Gasteiger partial charge on any atom is -0.0955 e. The van der Waals surface area contributed by atoms with Gasteiger partial charge in [0.1, 0.15) is 0 Å². The van der Waals surface area contributed by atoms with Crippen molar-refractivity contribution in [2.75, 3.05) is 0 Å². The zero-order chi connectivity index (χ0) is 19.2. The Morgan fingerprint density at radius 3 is 2.04 bits per heavy atom. The summed E-state index contributed by atoms with van der Waals surface area (Å²) in [5.41, 5.74) is 6.56. The predicted molar refractivity (Wildman–Crippen MR) is 118 cm³/mol. The van der Waals surface area contributed by atoms with E-state index in [1.54, 1.807) is 0 Å². The van der Waals surface area contributed by atoms with Crippen molar-refractivity contribution in [2.45, 2.75) is 53.4 Å². The number of hydrogen-bond acceptors (Lipinski definition) is 0. The predicted octanol–water partition coefficient (Wildman–Crippen LogP) is 7.95. The van der Waals surface area contributed by atoms with E-state index in [1.807, 2.05) is 13.0 Å². The first-order valence-corrected chi connectivity index (χ1v) is 9.68. The smallest absolute Gasteiger partial charge is 0.0231 e. The number of rotatable bonds is 3. The first kappa shape index (κ1) is 21.7. The van der Waals surface area contributed by atoms with E-state index in [2.05, 4.69) is 94.1 Å². The van der Waals surface area contributed by atoms with Crippen molar-refractivity contribution in [1.82, 2.24) is 0 Å². The van der Waals surface area contributed by atoms with Crippen molar-refractivity contribution >= 4 is 5.57 Å². The van der Waals surface area contributed by atoms with Gasteiger partial charge in [-0.15, -0.1) is 0 Å². The Morgan fingerprint density at radius 1 is 0.923 bits per heavy atom. The van der Waals surface area contributed by atoms with E-state index in [9.17, 15) is 0 Å². The monoisotopic (exact) mass is 346 g/mol. The van der Waals surface area contributed by atoms with Crippen LogP contribution in [0.3, 0.4) is 0 Å². The van der Waals surface area contributed by atoms with Crippen LogP contribution in [0.1, 0.15) is 56.7 Å². The quantitative estimate of drug-likeness (QED) is 0.529. The third-order valence-electron chi connectivity index (χ3n) is 4.24. The molecule has 0 spiro atoms. The Morgan fingerprint density at radius 2 is 1.65 bits per heavy atom. The fourth-order valence-electron chi connectivity index (χ4n) is 2.55. The largest absolute Gasteiger partial charge is 0.0955 e. The Hall–Kier alpha value is -2.34. The van der Waals surface area contributed by atoms with Crippen molar-refractivity contribution in [3.8, 4) is 0 Å². The van der Waals surface area contributed by atoms with Crippen LogP contribution in [-0.4, -0.2) is 0 Å². The zero-order valence-electron chi connectivity index (χ0n) is 17.0. The van der Waals surface area contributed by atoms with Crippen LogP contribution < -0.4 is 0 Å². The summed E-state index contributed by atoms with van der Waals surface area (Å²) >= 11 is 0. The van der Waals surface area contributed by atoms with Crippen LogP contribution >= 0.6 is 0 Å². The molecule has 0 aliphatic heterocycles. The van der Waals surface area contributed by atoms with Gasteiger partial charge in [-0.3, -0.25) is 0 Å². The van der Waals surface area contributed by atoms with Crippen molar-refractivity contribution in [3.05, 3.63) is 102 Å². The van der Waals surface area contributed by atoms with Gasteiger partial charge in [-0.05, 0) is 50.7 Å². The summed E-state index contributed by atoms with van der Waals surface area (Å²) in [5, 5.41) is 0. The van der Waals surface area contributed by atoms with E-state index in [4.69, 9.17) is 0 Å². The van der Waals surface area contributed by atoms with Gasteiger partial charge in [-0.25, -0.2) is 0 Å². The van der Waals surface area contributed by atoms with Crippen molar-refractivity contribution in [1.29, 1.82) is 0 Å². The molecule has 0 saturated heterocycles. The summed E-state index contributed by atoms with van der Waals surface area (Å²) in [6, 6.07) is 18.8. The molecule has 0 unspecified atom stereocenters. The highest BCUT2D eigenvalue weighted by Gasteiger charge is 1.91. The average Bonchev–Trinajstić information content (AvgIpc) is 2.70. The molecule has 0 fully saturated rings. The van der Waals surface area contributed by atoms with Gasteiger partial charge < -0.3 is 0 Å². The number of aryl methyl sites for hydroxylation is 2. The van der Waals surface area contributed by atoms with E-state index < -0.39 is 0 Å². The molecule has 2 aromatic carbocycles. The molecule has 1 aliphatic rings. The van der Waals surface area contributed by atoms with Gasteiger partial charge in [0, 0.05) is 0 Å². The first-order chi connectivity index (χ1) is 12.6. The van der Waals surface area contributed by atoms with Crippen LogP contribution in [0.2, 0.25) is 0 Å². The minimum atomic E-state index is 1.13. The van der Waals surface area contributed by atoms with Crippen molar-refractivity contribution in [3.63, 3.8) is 0 Å². The second-order valence-electron chi connectivity index (χ2n) is 6.60. The third-order valence-corrected chi connectivity index (χ3v) is 4.24. The Bertz CT molecular complexity index is 702. The highest BCUT2D eigenvalue weighted by Crippen LogP contribution is 2.12. The Labute approximate surface area is 161 Å². The van der Waals surface area contributed by atoms with Gasteiger partial charge in [-0.1, -0.05) is 110 Å². The topological polar surface area (TPSA) is 0 Å². The van der Waals surface area contributed by atoms with E-state index in [-0.39, 0.29) is 0 Å². The maximum atomic E-state index is 3.87. The zero-order valence-corrected chi connectivity index (χ0v) is 17.0. The van der Waals surface area contributed by atoms with Gasteiger partial charge in [0.05, 0.1) is 0 Å². The molecular formula is C26H34. The summed E-state index contributed by atoms with van der Waals surface area (Å²) < 4.78 is 0. The van der Waals surface area contributed by atoms with Crippen molar-refractivity contribution < 1.29 is 0 Å². The summed E-state index contributed by atoms with van der Waals surface area (Å²) in [5.74, 6) is 0. The normalized spacial score (nSPS) is 12.1. The van der Waals surface area contributed by atoms with Gasteiger partial charge in [0.2, 0.25) is 0 Å². The molecule has 0 radical (unpaired) electrons. The maximum absolute atomic E-state index is 3.87. The molecule has 0 aromatic heterocycles. The summed E-state index contributed by atoms with van der Waals surface area (Å²) in [4.78, 5) is 0. The molecule has 0 nitrogen and oxygen atoms in total. The second-order valence-corrected chi connectivity index (χ2v) is 6.60. The van der Waals surface area contributed by atoms with Crippen LogP contribution in [-0.2, 0) is 6.42 Å². The average molecular weight is 347 g/mol. The molecule has 0 N–H and O–H groups in total. The second kappa shape index (κ2) is 12.9. The van der Waals surface area contributed by atoms with Crippen LogP contribution in [0.4, 0.5) is 0 Å². The Kier molecular flexibility index (Phi) is 10.8. The molecule has 0 saturated carbocycles. The molecule has 0 amide bonds. The summed E-state index contributed by atoms with van der Waals surface area (Å²) in [6.07, 6.45) is 11.6. The van der Waals surface area contributed by atoms with Crippen molar-refractivity contribution in [2.24, 2.45) is 0 Å².